The zero-order valence-electron chi connectivity index (χ0n) is 28.6. The topological polar surface area (TPSA) is 147 Å². The van der Waals surface area contributed by atoms with Crippen LogP contribution in [0.25, 0.3) is 0 Å². The van der Waals surface area contributed by atoms with Gasteiger partial charge in [-0.2, -0.15) is 0 Å². The number of aliphatic hydroxyl groups is 1. The number of hydrogen-bond donors (Lipinski definition) is 3. The van der Waals surface area contributed by atoms with Gasteiger partial charge in [0.2, 0.25) is 5.78 Å². The standard InChI is InChI=1S/C26H30O5.C14H12O4/c1-22(2)17(27)7-9-23(3)16-6-10-24(4)15(14-8-11-30-13-14)12-18-26(24,31-18)25(16,5)21(29)19(28)20(22)23;1-18-9-6-7-11(13(16)8-9)14(17)10-4-2-3-5-12(10)15/h7-9,11,13,15-16,18,28H,6,10,12H2,1-5H3;2-8,15-16H,1H3. The van der Waals surface area contributed by atoms with Gasteiger partial charge in [0.1, 0.15) is 22.8 Å². The number of ether oxygens (including phenoxy) is 2. The summed E-state index contributed by atoms with van der Waals surface area (Å²) in [7, 11) is 1.47. The molecule has 8 rings (SSSR count). The molecule has 5 aliphatic rings. The van der Waals surface area contributed by atoms with Crippen LogP contribution in [0.15, 0.2) is 89.0 Å². The van der Waals surface area contributed by atoms with Crippen molar-refractivity contribution in [2.45, 2.75) is 71.5 Å². The van der Waals surface area contributed by atoms with Crippen molar-refractivity contribution in [3.8, 4) is 17.2 Å². The number of methoxy groups -OCH3 is 1. The van der Waals surface area contributed by atoms with E-state index >= 15 is 0 Å². The first-order valence-corrected chi connectivity index (χ1v) is 16.7. The monoisotopic (exact) mass is 666 g/mol. The van der Waals surface area contributed by atoms with Crippen LogP contribution < -0.4 is 4.74 Å². The SMILES string of the molecule is CC1(C)C(=O)C=CC2(C)C1=C(O)C(=O)C1(C)C2CCC2(C)C(c3ccoc3)CC3OC321.COc1ccc(C(=O)c2ccccc2O)c(O)c1. The number of Topliss-reactive ketones (excluding diaryl/α,β-unsaturated/α-hetero) is 1. The number of fused-ring (bicyclic) bond motifs is 3. The summed E-state index contributed by atoms with van der Waals surface area (Å²) in [4.78, 5) is 38.9. The van der Waals surface area contributed by atoms with E-state index in [1.54, 1.807) is 30.5 Å². The van der Waals surface area contributed by atoms with Crippen molar-refractivity contribution in [3.63, 3.8) is 0 Å². The van der Waals surface area contributed by atoms with Gasteiger partial charge in [0, 0.05) is 16.9 Å². The van der Waals surface area contributed by atoms with Crippen molar-refractivity contribution in [2.24, 2.45) is 27.6 Å². The first-order valence-electron chi connectivity index (χ1n) is 16.7. The minimum atomic E-state index is -0.901. The molecule has 1 aliphatic heterocycles. The molecule has 4 aliphatic carbocycles. The van der Waals surface area contributed by atoms with Crippen LogP contribution in [0.4, 0.5) is 0 Å². The number of para-hydroxylation sites is 1. The molecule has 0 radical (unpaired) electrons. The summed E-state index contributed by atoms with van der Waals surface area (Å²) in [6.07, 6.45) is 9.76. The van der Waals surface area contributed by atoms with Gasteiger partial charge in [-0.1, -0.05) is 32.1 Å². The molecule has 1 aromatic heterocycles. The number of furan rings is 1. The first kappa shape index (κ1) is 32.9. The van der Waals surface area contributed by atoms with Crippen LogP contribution >= 0.6 is 0 Å². The zero-order chi connectivity index (χ0) is 35.3. The summed E-state index contributed by atoms with van der Waals surface area (Å²) in [6, 6.07) is 12.6. The van der Waals surface area contributed by atoms with E-state index in [1.165, 1.54) is 36.9 Å². The molecule has 7 atom stereocenters. The summed E-state index contributed by atoms with van der Waals surface area (Å²) in [6.45, 7) is 10.0. The average Bonchev–Trinajstić information content (AvgIpc) is 3.42. The van der Waals surface area contributed by atoms with E-state index in [0.29, 0.717) is 11.3 Å². The molecule has 2 aromatic carbocycles. The van der Waals surface area contributed by atoms with Crippen molar-refractivity contribution in [1.29, 1.82) is 0 Å². The van der Waals surface area contributed by atoms with Gasteiger partial charge in [0.05, 0.1) is 47.7 Å². The number of ketones is 3. The van der Waals surface area contributed by atoms with E-state index < -0.39 is 27.6 Å². The van der Waals surface area contributed by atoms with Gasteiger partial charge in [0.15, 0.2) is 17.3 Å². The van der Waals surface area contributed by atoms with E-state index in [9.17, 15) is 29.7 Å². The number of phenolic OH excluding ortho intramolecular Hbond substituents is 2. The second-order valence-corrected chi connectivity index (χ2v) is 15.3. The highest BCUT2D eigenvalue weighted by molar-refractivity contribution is 6.12. The minimum absolute atomic E-state index is 0.00527. The molecule has 1 spiro atoms. The van der Waals surface area contributed by atoms with Crippen molar-refractivity contribution in [2.75, 3.05) is 7.11 Å². The largest absolute Gasteiger partial charge is 0.507 e. The van der Waals surface area contributed by atoms with Crippen LogP contribution in [0.2, 0.25) is 0 Å². The number of aromatic hydroxyl groups is 2. The Balaban J connectivity index is 0.000000180. The van der Waals surface area contributed by atoms with Crippen molar-refractivity contribution >= 4 is 17.3 Å². The third-order valence-electron chi connectivity index (χ3n) is 12.8. The third-order valence-corrected chi connectivity index (χ3v) is 12.8. The number of hydrogen-bond acceptors (Lipinski definition) is 9. The highest BCUT2D eigenvalue weighted by Gasteiger charge is 2.87. The van der Waals surface area contributed by atoms with E-state index in [1.807, 2.05) is 39.2 Å². The van der Waals surface area contributed by atoms with Crippen LogP contribution in [0, 0.1) is 27.6 Å². The number of carbonyl (C=O) groups is 3. The average molecular weight is 667 g/mol. The van der Waals surface area contributed by atoms with Crippen molar-refractivity contribution in [1.82, 2.24) is 0 Å². The van der Waals surface area contributed by atoms with Gasteiger partial charge in [-0.15, -0.1) is 0 Å². The Hall–Kier alpha value is -4.63. The van der Waals surface area contributed by atoms with Gasteiger partial charge in [0.25, 0.3) is 0 Å². The number of benzene rings is 2. The molecule has 3 N–H and O–H groups in total. The van der Waals surface area contributed by atoms with Crippen molar-refractivity contribution < 1.29 is 43.6 Å². The Morgan fingerprint density at radius 1 is 0.939 bits per heavy atom. The maximum Gasteiger partial charge on any atom is 0.206 e. The Bertz CT molecular complexity index is 1950. The number of carbonyl (C=O) groups excluding carboxylic acids is 3. The molecular weight excluding hydrogens is 624 g/mol. The highest BCUT2D eigenvalue weighted by Crippen LogP contribution is 2.81. The first-order chi connectivity index (χ1) is 23.1. The van der Waals surface area contributed by atoms with Crippen molar-refractivity contribution in [3.05, 3.63) is 101 Å². The lowest BCUT2D eigenvalue weighted by Crippen LogP contribution is -2.66. The second kappa shape index (κ2) is 10.7. The molecule has 2 heterocycles. The lowest BCUT2D eigenvalue weighted by atomic mass is 9.39. The van der Waals surface area contributed by atoms with E-state index in [4.69, 9.17) is 13.9 Å². The molecule has 2 saturated carbocycles. The fraction of sp³-hybridized carbons (Fsp3) is 0.425. The smallest absolute Gasteiger partial charge is 0.206 e. The normalized spacial score (nSPS) is 34.9. The van der Waals surface area contributed by atoms with E-state index in [2.05, 4.69) is 13.8 Å². The fourth-order valence-corrected chi connectivity index (χ4v) is 10.4. The van der Waals surface area contributed by atoms with Crippen LogP contribution in [0.5, 0.6) is 17.2 Å². The maximum atomic E-state index is 14.0. The quantitative estimate of drug-likeness (QED) is 0.194. The summed E-state index contributed by atoms with van der Waals surface area (Å²) >= 11 is 0. The van der Waals surface area contributed by atoms with Gasteiger partial charge in [-0.05, 0) is 99.4 Å². The molecular formula is C40H42O9. The second-order valence-electron chi connectivity index (χ2n) is 15.3. The predicted molar refractivity (Wildman–Crippen MR) is 180 cm³/mol. The molecule has 49 heavy (non-hydrogen) atoms. The fourth-order valence-electron chi connectivity index (χ4n) is 10.4. The summed E-state index contributed by atoms with van der Waals surface area (Å²) in [5.41, 5.74) is -1.13. The molecule has 7 unspecified atom stereocenters. The summed E-state index contributed by atoms with van der Waals surface area (Å²) < 4.78 is 16.8. The molecule has 3 fully saturated rings. The lowest BCUT2D eigenvalue weighted by molar-refractivity contribution is -0.162. The third kappa shape index (κ3) is 4.17. The van der Waals surface area contributed by atoms with Gasteiger partial charge in [-0.25, -0.2) is 0 Å². The Kier molecular flexibility index (Phi) is 7.17. The Morgan fingerprint density at radius 3 is 2.31 bits per heavy atom. The van der Waals surface area contributed by atoms with Crippen LogP contribution in [-0.4, -0.2) is 51.5 Å². The Morgan fingerprint density at radius 2 is 1.65 bits per heavy atom. The molecule has 1 saturated heterocycles. The minimum Gasteiger partial charge on any atom is -0.507 e. The molecule has 0 amide bonds. The van der Waals surface area contributed by atoms with E-state index in [-0.39, 0.29) is 63.3 Å². The highest BCUT2D eigenvalue weighted by atomic mass is 16.6. The molecule has 3 aromatic rings. The van der Waals surface area contributed by atoms with Gasteiger partial charge >= 0.3 is 0 Å². The molecule has 9 heteroatoms. The maximum absolute atomic E-state index is 14.0. The zero-order valence-corrected chi connectivity index (χ0v) is 28.6. The van der Waals surface area contributed by atoms with Gasteiger partial charge < -0.3 is 29.2 Å². The number of aliphatic hydroxyl groups excluding tert-OH is 1. The summed E-state index contributed by atoms with van der Waals surface area (Å²) in [5.74, 6) is -0.580. The number of phenols is 2. The van der Waals surface area contributed by atoms with Crippen LogP contribution in [0.1, 0.15) is 81.3 Å². The molecule has 0 bridgehead atoms. The van der Waals surface area contributed by atoms with E-state index in [0.717, 1.165) is 19.3 Å². The van der Waals surface area contributed by atoms with Crippen LogP contribution in [0.3, 0.4) is 0 Å². The number of epoxide rings is 1. The predicted octanol–water partition coefficient (Wildman–Crippen LogP) is 7.23. The summed E-state index contributed by atoms with van der Waals surface area (Å²) in [5, 5.41) is 30.7. The number of rotatable bonds is 4. The van der Waals surface area contributed by atoms with Gasteiger partial charge in [-0.3, -0.25) is 14.4 Å². The number of allylic oxidation sites excluding steroid dienone is 4. The van der Waals surface area contributed by atoms with Crippen LogP contribution in [-0.2, 0) is 14.3 Å². The molecule has 256 valence electrons. The molecule has 9 nitrogen and oxygen atoms in total. The lowest BCUT2D eigenvalue weighted by Gasteiger charge is -2.62. The Labute approximate surface area is 285 Å².